The molecule has 0 saturated heterocycles. The van der Waals surface area contributed by atoms with Crippen LogP contribution in [-0.2, 0) is 17.8 Å². The van der Waals surface area contributed by atoms with Crippen molar-refractivity contribution in [3.8, 4) is 5.69 Å². The Bertz CT molecular complexity index is 548. The van der Waals surface area contributed by atoms with Crippen LogP contribution in [-0.4, -0.2) is 16.4 Å². The fourth-order valence-corrected chi connectivity index (χ4v) is 2.33. The van der Waals surface area contributed by atoms with Crippen molar-refractivity contribution in [2.75, 3.05) is 12.3 Å². The molecule has 2 heterocycles. The molecule has 0 bridgehead atoms. The van der Waals surface area contributed by atoms with Crippen LogP contribution in [0.2, 0.25) is 0 Å². The first-order chi connectivity index (χ1) is 8.25. The molecule has 0 amide bonds. The largest absolute Gasteiger partial charge is 0.382 e. The van der Waals surface area contributed by atoms with Crippen LogP contribution in [0.1, 0.15) is 11.3 Å². The Kier molecular flexibility index (Phi) is 2.64. The van der Waals surface area contributed by atoms with Gasteiger partial charge in [0.1, 0.15) is 5.82 Å². The van der Waals surface area contributed by atoms with Gasteiger partial charge in [0, 0.05) is 16.5 Å². The lowest BCUT2D eigenvalue weighted by molar-refractivity contribution is 0.106. The van der Waals surface area contributed by atoms with Gasteiger partial charge in [-0.25, -0.2) is 4.68 Å². The number of anilines is 1. The molecule has 3 rings (SSSR count). The molecule has 1 aliphatic heterocycles. The van der Waals surface area contributed by atoms with E-state index in [1.807, 2.05) is 28.9 Å². The van der Waals surface area contributed by atoms with Gasteiger partial charge in [-0.15, -0.1) is 0 Å². The molecule has 88 valence electrons. The van der Waals surface area contributed by atoms with E-state index in [0.717, 1.165) is 34.4 Å². The third-order valence-corrected chi connectivity index (χ3v) is 3.46. The summed E-state index contributed by atoms with van der Waals surface area (Å²) in [7, 11) is 0. The number of fused-ring (bicyclic) bond motifs is 1. The zero-order chi connectivity index (χ0) is 11.8. The van der Waals surface area contributed by atoms with Gasteiger partial charge in [0.05, 0.1) is 24.6 Å². The Morgan fingerprint density at radius 2 is 2.06 bits per heavy atom. The maximum absolute atomic E-state index is 5.93. The van der Waals surface area contributed by atoms with Gasteiger partial charge in [0.2, 0.25) is 0 Å². The van der Waals surface area contributed by atoms with Gasteiger partial charge in [0.15, 0.2) is 0 Å². The van der Waals surface area contributed by atoms with Crippen LogP contribution in [0.5, 0.6) is 0 Å². The predicted octanol–water partition coefficient (Wildman–Crippen LogP) is 2.29. The summed E-state index contributed by atoms with van der Waals surface area (Å²) in [4.78, 5) is 0. The van der Waals surface area contributed by atoms with E-state index in [0.29, 0.717) is 12.4 Å². The van der Waals surface area contributed by atoms with E-state index in [1.165, 1.54) is 0 Å². The molecule has 0 radical (unpaired) electrons. The molecule has 0 spiro atoms. The van der Waals surface area contributed by atoms with E-state index in [2.05, 4.69) is 21.0 Å². The summed E-state index contributed by atoms with van der Waals surface area (Å²) < 4.78 is 8.39. The smallest absolute Gasteiger partial charge is 0.149 e. The number of nitrogens with two attached hydrogens (primary N) is 1. The lowest BCUT2D eigenvalue weighted by Gasteiger charge is -2.14. The van der Waals surface area contributed by atoms with Crippen molar-refractivity contribution in [2.24, 2.45) is 0 Å². The number of ether oxygens (including phenoxy) is 1. The van der Waals surface area contributed by atoms with Gasteiger partial charge in [-0.2, -0.15) is 5.10 Å². The van der Waals surface area contributed by atoms with Crippen LogP contribution in [0.25, 0.3) is 5.69 Å². The number of halogens is 1. The molecule has 0 aliphatic carbocycles. The first kappa shape index (κ1) is 10.8. The summed E-state index contributed by atoms with van der Waals surface area (Å²) >= 11 is 3.42. The summed E-state index contributed by atoms with van der Waals surface area (Å²) in [6.45, 7) is 1.30. The third-order valence-electron chi connectivity index (χ3n) is 2.93. The fraction of sp³-hybridized carbons (Fsp3) is 0.250. The molecule has 1 aromatic heterocycles. The highest BCUT2D eigenvalue weighted by atomic mass is 79.9. The van der Waals surface area contributed by atoms with E-state index in [1.54, 1.807) is 0 Å². The number of nitrogens with zero attached hydrogens (tertiary/aromatic N) is 2. The van der Waals surface area contributed by atoms with E-state index >= 15 is 0 Å². The van der Waals surface area contributed by atoms with E-state index < -0.39 is 0 Å². The number of hydrogen-bond acceptors (Lipinski definition) is 3. The molecule has 0 atom stereocenters. The fourth-order valence-electron chi connectivity index (χ4n) is 2.06. The van der Waals surface area contributed by atoms with E-state index in [4.69, 9.17) is 10.5 Å². The van der Waals surface area contributed by atoms with Crippen LogP contribution in [0.4, 0.5) is 5.82 Å². The van der Waals surface area contributed by atoms with Gasteiger partial charge < -0.3 is 10.5 Å². The SMILES string of the molecule is Nc1nn(-c2ccc(Br)cc2)c2c1CCOC2. The Balaban J connectivity index is 2.11. The Labute approximate surface area is 108 Å². The standard InChI is InChI=1S/C12H12BrN3O/c13-8-1-3-9(4-2-8)16-11-7-17-6-5-10(11)12(14)15-16/h1-4H,5-7H2,(H2,14,15). The minimum absolute atomic E-state index is 0.579. The van der Waals surface area contributed by atoms with Crippen molar-refractivity contribution in [2.45, 2.75) is 13.0 Å². The molecule has 1 aliphatic rings. The molecule has 17 heavy (non-hydrogen) atoms. The quantitative estimate of drug-likeness (QED) is 0.878. The molecule has 2 aromatic rings. The average Bonchev–Trinajstić information content (AvgIpc) is 2.69. The number of benzene rings is 1. The molecule has 0 fully saturated rings. The number of nitrogen functional groups attached to an aromatic ring is 1. The second-order valence-electron chi connectivity index (χ2n) is 4.00. The van der Waals surface area contributed by atoms with Gasteiger partial charge in [0.25, 0.3) is 0 Å². The normalized spacial score (nSPS) is 14.6. The predicted molar refractivity (Wildman–Crippen MR) is 69.0 cm³/mol. The lowest BCUT2D eigenvalue weighted by Crippen LogP contribution is -2.12. The Hall–Kier alpha value is -1.33. The molecule has 4 nitrogen and oxygen atoms in total. The van der Waals surface area contributed by atoms with Gasteiger partial charge in [-0.3, -0.25) is 0 Å². The minimum atomic E-state index is 0.579. The van der Waals surface area contributed by atoms with Crippen LogP contribution in [0, 0.1) is 0 Å². The lowest BCUT2D eigenvalue weighted by atomic mass is 10.1. The van der Waals surface area contributed by atoms with Crippen LogP contribution >= 0.6 is 15.9 Å². The van der Waals surface area contributed by atoms with Gasteiger partial charge in [-0.1, -0.05) is 15.9 Å². The molecule has 0 saturated carbocycles. The second kappa shape index (κ2) is 4.16. The first-order valence-electron chi connectivity index (χ1n) is 5.45. The van der Waals surface area contributed by atoms with Gasteiger partial charge in [-0.05, 0) is 24.3 Å². The zero-order valence-electron chi connectivity index (χ0n) is 9.19. The third kappa shape index (κ3) is 1.85. The molecular formula is C12H12BrN3O. The van der Waals surface area contributed by atoms with Crippen LogP contribution in [0.15, 0.2) is 28.7 Å². The molecule has 1 aromatic carbocycles. The second-order valence-corrected chi connectivity index (χ2v) is 4.92. The molecule has 5 heteroatoms. The minimum Gasteiger partial charge on any atom is -0.382 e. The van der Waals surface area contributed by atoms with E-state index in [-0.39, 0.29) is 0 Å². The van der Waals surface area contributed by atoms with E-state index in [9.17, 15) is 0 Å². The first-order valence-corrected chi connectivity index (χ1v) is 6.25. The monoisotopic (exact) mass is 293 g/mol. The van der Waals surface area contributed by atoms with Crippen molar-refractivity contribution in [1.29, 1.82) is 0 Å². The maximum atomic E-state index is 5.93. The highest BCUT2D eigenvalue weighted by Crippen LogP contribution is 2.25. The topological polar surface area (TPSA) is 53.1 Å². The van der Waals surface area contributed by atoms with Crippen molar-refractivity contribution in [1.82, 2.24) is 9.78 Å². The Morgan fingerprint density at radius 1 is 1.29 bits per heavy atom. The molecular weight excluding hydrogens is 282 g/mol. The summed E-state index contributed by atoms with van der Waals surface area (Å²) in [5, 5.41) is 4.39. The maximum Gasteiger partial charge on any atom is 0.149 e. The zero-order valence-corrected chi connectivity index (χ0v) is 10.8. The van der Waals surface area contributed by atoms with Crippen LogP contribution in [0.3, 0.4) is 0 Å². The highest BCUT2D eigenvalue weighted by molar-refractivity contribution is 9.10. The number of rotatable bonds is 1. The summed E-state index contributed by atoms with van der Waals surface area (Å²) in [5.41, 5.74) is 9.13. The molecule has 2 N–H and O–H groups in total. The number of hydrogen-bond donors (Lipinski definition) is 1. The highest BCUT2D eigenvalue weighted by Gasteiger charge is 2.20. The summed E-state index contributed by atoms with van der Waals surface area (Å²) in [6.07, 6.45) is 0.845. The van der Waals surface area contributed by atoms with Crippen molar-refractivity contribution < 1.29 is 4.74 Å². The van der Waals surface area contributed by atoms with Crippen LogP contribution < -0.4 is 5.73 Å². The molecule has 0 unspecified atom stereocenters. The number of aromatic nitrogens is 2. The summed E-state index contributed by atoms with van der Waals surface area (Å²) in [5.74, 6) is 0.617. The van der Waals surface area contributed by atoms with Crippen molar-refractivity contribution in [3.05, 3.63) is 40.0 Å². The van der Waals surface area contributed by atoms with Crippen molar-refractivity contribution >= 4 is 21.7 Å². The summed E-state index contributed by atoms with van der Waals surface area (Å²) in [6, 6.07) is 7.99. The Morgan fingerprint density at radius 3 is 2.82 bits per heavy atom. The van der Waals surface area contributed by atoms with Gasteiger partial charge >= 0.3 is 0 Å². The average molecular weight is 294 g/mol. The van der Waals surface area contributed by atoms with Crippen molar-refractivity contribution in [3.63, 3.8) is 0 Å².